The smallest absolute Gasteiger partial charge is 0.233 e. The Hall–Kier alpha value is -3.44. The van der Waals surface area contributed by atoms with Gasteiger partial charge < -0.3 is 15.1 Å². The van der Waals surface area contributed by atoms with Crippen LogP contribution >= 0.6 is 0 Å². The monoisotopic (exact) mass is 428 g/mol. The lowest BCUT2D eigenvalue weighted by molar-refractivity contribution is -0.889. The Morgan fingerprint density at radius 3 is 2.06 bits per heavy atom. The molecular weight excluding hydrogens is 398 g/mol. The van der Waals surface area contributed by atoms with Gasteiger partial charge in [0.05, 0.1) is 26.4 Å². The number of benzene rings is 3. The van der Waals surface area contributed by atoms with E-state index in [0.29, 0.717) is 5.75 Å². The minimum Gasteiger partial charge on any atom is -0.369 e. The first-order valence-electron chi connectivity index (χ1n) is 11.0. The molecule has 0 saturated carbocycles. The summed E-state index contributed by atoms with van der Waals surface area (Å²) in [6.07, 6.45) is 2.73. The van der Waals surface area contributed by atoms with E-state index in [2.05, 4.69) is 12.2 Å². The predicted molar refractivity (Wildman–Crippen MR) is 127 cm³/mol. The Kier molecular flexibility index (Phi) is 6.37. The molecule has 2 atom stereocenters. The van der Waals surface area contributed by atoms with E-state index in [9.17, 15) is 4.79 Å². The molecule has 1 saturated heterocycles. The van der Waals surface area contributed by atoms with Crippen molar-refractivity contribution in [2.45, 2.75) is 11.8 Å². The molecule has 0 spiro atoms. The van der Waals surface area contributed by atoms with E-state index < -0.39 is 5.41 Å². The van der Waals surface area contributed by atoms with E-state index in [1.165, 1.54) is 0 Å². The van der Waals surface area contributed by atoms with Gasteiger partial charge in [-0.15, -0.1) is 0 Å². The molecule has 3 aromatic rings. The van der Waals surface area contributed by atoms with E-state index in [0.717, 1.165) is 41.7 Å². The number of carbonyl (C=O) groups is 1. The summed E-state index contributed by atoms with van der Waals surface area (Å²) in [5.41, 5.74) is 7.25. The van der Waals surface area contributed by atoms with Gasteiger partial charge in [0.25, 0.3) is 0 Å². The summed E-state index contributed by atoms with van der Waals surface area (Å²) in [7, 11) is 2.20. The van der Waals surface area contributed by atoms with Crippen LogP contribution in [-0.2, 0) is 10.2 Å². The lowest BCUT2D eigenvalue weighted by Gasteiger charge is -2.37. The van der Waals surface area contributed by atoms with Crippen LogP contribution in [0.4, 0.5) is 0 Å². The molecule has 0 aliphatic carbocycles. The Balaban J connectivity index is 1.59. The Labute approximate surface area is 189 Å². The van der Waals surface area contributed by atoms with Crippen LogP contribution in [0.2, 0.25) is 0 Å². The van der Waals surface area contributed by atoms with Gasteiger partial charge in [-0.05, 0) is 23.3 Å². The molecule has 3 aromatic carbocycles. The van der Waals surface area contributed by atoms with Gasteiger partial charge in [-0.3, -0.25) is 4.79 Å². The molecule has 1 heterocycles. The van der Waals surface area contributed by atoms with Gasteiger partial charge in [-0.25, -0.2) is 0 Å². The summed E-state index contributed by atoms with van der Waals surface area (Å²) in [6.45, 7) is 2.49. The van der Waals surface area contributed by atoms with Crippen LogP contribution in [0.25, 0.3) is 0 Å². The number of oxime groups is 1. The standard InChI is InChI=1S/C27H29N3O2/c1-30(20-18-29-32-25-15-9-4-10-16-25)19-17-24(21-30)27(26(28)31,22-11-5-2-6-12-22)23-13-7-3-8-14-23/h2-16,18,24H,17,19-21H2,1H3,(H-,28,31)/p+1/b29-18-/t24-,30?/m1/s1. The molecule has 5 heteroatoms. The molecule has 32 heavy (non-hydrogen) atoms. The minimum absolute atomic E-state index is 0.0817. The second kappa shape index (κ2) is 9.37. The van der Waals surface area contributed by atoms with E-state index in [4.69, 9.17) is 10.6 Å². The average molecular weight is 429 g/mol. The molecule has 1 aliphatic heterocycles. The molecule has 1 fully saturated rings. The van der Waals surface area contributed by atoms with Crippen molar-refractivity contribution in [2.75, 3.05) is 26.7 Å². The maximum absolute atomic E-state index is 13.2. The summed E-state index contributed by atoms with van der Waals surface area (Å²) in [5.74, 6) is 0.499. The van der Waals surface area contributed by atoms with Crippen molar-refractivity contribution in [2.24, 2.45) is 16.8 Å². The number of hydrogen-bond donors (Lipinski definition) is 1. The third-order valence-corrected chi connectivity index (χ3v) is 6.64. The number of nitrogens with zero attached hydrogens (tertiary/aromatic N) is 2. The molecular formula is C27H30N3O2+. The van der Waals surface area contributed by atoms with Gasteiger partial charge >= 0.3 is 0 Å². The first-order valence-corrected chi connectivity index (χ1v) is 11.0. The zero-order chi connectivity index (χ0) is 22.4. The van der Waals surface area contributed by atoms with E-state index in [1.807, 2.05) is 97.2 Å². The highest BCUT2D eigenvalue weighted by Gasteiger charge is 2.53. The summed E-state index contributed by atoms with van der Waals surface area (Å²) in [4.78, 5) is 18.7. The zero-order valence-electron chi connectivity index (χ0n) is 18.4. The predicted octanol–water partition coefficient (Wildman–Crippen LogP) is 3.99. The van der Waals surface area contributed by atoms with Gasteiger partial charge in [-0.2, -0.15) is 0 Å². The Morgan fingerprint density at radius 1 is 1.00 bits per heavy atom. The number of quaternary nitrogens is 1. The van der Waals surface area contributed by atoms with Gasteiger partial charge in [0.15, 0.2) is 5.75 Å². The number of para-hydroxylation sites is 1. The summed E-state index contributed by atoms with van der Waals surface area (Å²) in [6, 6.07) is 29.5. The zero-order valence-corrected chi connectivity index (χ0v) is 18.4. The fourth-order valence-electron chi connectivity index (χ4n) is 5.04. The molecule has 1 amide bonds. The molecule has 164 valence electrons. The van der Waals surface area contributed by atoms with Crippen molar-refractivity contribution in [3.63, 3.8) is 0 Å². The van der Waals surface area contributed by atoms with Crippen molar-refractivity contribution in [1.29, 1.82) is 0 Å². The normalized spacial score (nSPS) is 21.0. The maximum atomic E-state index is 13.2. The number of amides is 1. The van der Waals surface area contributed by atoms with Crippen molar-refractivity contribution in [1.82, 2.24) is 0 Å². The molecule has 0 bridgehead atoms. The fraction of sp³-hybridized carbons (Fsp3) is 0.259. The topological polar surface area (TPSA) is 64.7 Å². The van der Waals surface area contributed by atoms with E-state index in [1.54, 1.807) is 0 Å². The maximum Gasteiger partial charge on any atom is 0.233 e. The van der Waals surface area contributed by atoms with Gasteiger partial charge in [-0.1, -0.05) is 84.0 Å². The summed E-state index contributed by atoms with van der Waals surface area (Å²) >= 11 is 0. The van der Waals surface area contributed by atoms with Gasteiger partial charge in [0.1, 0.15) is 12.0 Å². The van der Waals surface area contributed by atoms with Crippen LogP contribution in [0.1, 0.15) is 17.5 Å². The van der Waals surface area contributed by atoms with Crippen LogP contribution in [0.5, 0.6) is 5.75 Å². The lowest BCUT2D eigenvalue weighted by Crippen LogP contribution is -2.51. The molecule has 2 N–H and O–H groups in total. The van der Waals surface area contributed by atoms with Crippen molar-refractivity contribution in [3.05, 3.63) is 102 Å². The number of hydrogen-bond acceptors (Lipinski definition) is 3. The van der Waals surface area contributed by atoms with E-state index >= 15 is 0 Å². The first kappa shape index (κ1) is 21.8. The second-order valence-corrected chi connectivity index (χ2v) is 8.79. The Morgan fingerprint density at radius 2 is 1.53 bits per heavy atom. The second-order valence-electron chi connectivity index (χ2n) is 8.79. The van der Waals surface area contributed by atoms with Gasteiger partial charge in [0, 0.05) is 12.3 Å². The third kappa shape index (κ3) is 4.30. The van der Waals surface area contributed by atoms with Crippen molar-refractivity contribution in [3.8, 4) is 5.75 Å². The highest BCUT2D eigenvalue weighted by atomic mass is 16.6. The van der Waals surface area contributed by atoms with Crippen LogP contribution in [0.15, 0.2) is 96.2 Å². The van der Waals surface area contributed by atoms with Crippen LogP contribution in [0, 0.1) is 5.92 Å². The largest absolute Gasteiger partial charge is 0.369 e. The molecule has 5 nitrogen and oxygen atoms in total. The molecule has 4 rings (SSSR count). The molecule has 1 aliphatic rings. The SMILES string of the molecule is C[N+]1(C/C=N\Oc2ccccc2)CC[C@@H](C(C(N)=O)(c2ccccc2)c2ccccc2)C1. The first-order chi connectivity index (χ1) is 15.5. The van der Waals surface area contributed by atoms with Crippen molar-refractivity contribution >= 4 is 12.1 Å². The summed E-state index contributed by atoms with van der Waals surface area (Å²) < 4.78 is 0.779. The van der Waals surface area contributed by atoms with Crippen LogP contribution in [0.3, 0.4) is 0 Å². The van der Waals surface area contributed by atoms with Crippen LogP contribution < -0.4 is 10.6 Å². The highest BCUT2D eigenvalue weighted by Crippen LogP contribution is 2.44. The number of rotatable bonds is 8. The van der Waals surface area contributed by atoms with E-state index in [-0.39, 0.29) is 11.8 Å². The average Bonchev–Trinajstić information content (AvgIpc) is 3.21. The quantitative estimate of drug-likeness (QED) is 0.335. The number of carbonyl (C=O) groups excluding carboxylic acids is 1. The molecule has 0 radical (unpaired) electrons. The lowest BCUT2D eigenvalue weighted by atomic mass is 9.64. The molecule has 1 unspecified atom stereocenters. The Bertz CT molecular complexity index is 1010. The summed E-state index contributed by atoms with van der Waals surface area (Å²) in [5, 5.41) is 4.16. The van der Waals surface area contributed by atoms with Gasteiger partial charge in [0.2, 0.25) is 5.91 Å². The number of primary amides is 1. The van der Waals surface area contributed by atoms with Crippen LogP contribution in [-0.4, -0.2) is 43.3 Å². The molecule has 0 aromatic heterocycles. The van der Waals surface area contributed by atoms with Crippen molar-refractivity contribution < 1.29 is 14.1 Å². The third-order valence-electron chi connectivity index (χ3n) is 6.64. The number of likely N-dealkylation sites (tertiary alicyclic amines) is 1. The minimum atomic E-state index is -0.865. The highest BCUT2D eigenvalue weighted by molar-refractivity contribution is 5.91. The fourth-order valence-corrected chi connectivity index (χ4v) is 5.04. The number of nitrogens with two attached hydrogens (primary N) is 1.